The van der Waals surface area contributed by atoms with Gasteiger partial charge >= 0.3 is 0 Å². The minimum atomic E-state index is 0.318. The van der Waals surface area contributed by atoms with E-state index in [-0.39, 0.29) is 0 Å². The van der Waals surface area contributed by atoms with E-state index in [1.807, 2.05) is 42.5 Å². The predicted molar refractivity (Wildman–Crippen MR) is 251 cm³/mol. The number of aromatic nitrogens is 4. The van der Waals surface area contributed by atoms with Crippen molar-refractivity contribution in [2.45, 2.75) is 0 Å². The molecule has 0 aliphatic heterocycles. The molecule has 0 atom stereocenters. The van der Waals surface area contributed by atoms with Crippen LogP contribution in [0, 0.1) is 5.41 Å². The molecule has 1 N–H and O–H groups in total. The van der Waals surface area contributed by atoms with Gasteiger partial charge in [0.2, 0.25) is 0 Å². The Kier molecular flexibility index (Phi) is 8.60. The van der Waals surface area contributed by atoms with E-state index in [9.17, 15) is 0 Å². The van der Waals surface area contributed by atoms with E-state index in [1.54, 1.807) is 6.08 Å². The summed E-state index contributed by atoms with van der Waals surface area (Å²) < 4.78 is 6.60. The normalized spacial score (nSPS) is 13.1. The highest BCUT2D eigenvalue weighted by atomic mass is 32.1. The molecule has 1 aliphatic carbocycles. The average Bonchev–Trinajstić information content (AvgIpc) is 3.66. The van der Waals surface area contributed by atoms with E-state index in [0.717, 1.165) is 78.2 Å². The third kappa shape index (κ3) is 6.03. The van der Waals surface area contributed by atoms with Crippen molar-refractivity contribution in [1.82, 2.24) is 19.5 Å². The minimum absolute atomic E-state index is 0.318. The third-order valence-electron chi connectivity index (χ3n) is 11.3. The fraction of sp³-hybridized carbons (Fsp3) is 0. The minimum Gasteiger partial charge on any atom is -0.309 e. The largest absolute Gasteiger partial charge is 0.309 e. The monoisotopic (exact) mass is 786 g/mol. The van der Waals surface area contributed by atoms with Gasteiger partial charge < -0.3 is 4.57 Å². The standard InChI is InChI=1S/C53H34N6S/c54-44-29-28-43-50(52(44)58-60)42-27-24-37(31-47(42)55-51(43)34-12-3-1-4-13-34)36-16-11-17-38(30-36)46-32-45(56-53(57-46)35-14-5-2-6-15-35)33-22-25-39(26-23-33)59-48-20-9-7-18-40(48)41-19-8-10-21-49(41)59/h1-32,54,60H. The molecule has 1 aliphatic rings. The maximum Gasteiger partial charge on any atom is 0.160 e. The van der Waals surface area contributed by atoms with E-state index in [4.69, 9.17) is 20.4 Å². The molecule has 6 nitrogen and oxygen atoms in total. The maximum atomic E-state index is 8.64. The van der Waals surface area contributed by atoms with Crippen LogP contribution in [-0.4, -0.2) is 30.9 Å². The predicted octanol–water partition coefficient (Wildman–Crippen LogP) is 13.1. The molecule has 7 heteroatoms. The first-order valence-electron chi connectivity index (χ1n) is 19.8. The number of nitrogens with zero attached hydrogens (tertiary/aromatic N) is 5. The van der Waals surface area contributed by atoms with Gasteiger partial charge in [-0.2, -0.15) is 0 Å². The van der Waals surface area contributed by atoms with Crippen LogP contribution in [0.25, 0.3) is 101 Å². The summed E-state index contributed by atoms with van der Waals surface area (Å²) in [7, 11) is 0. The first-order chi connectivity index (χ1) is 29.6. The summed E-state index contributed by atoms with van der Waals surface area (Å²) in [4.78, 5) is 15.5. The van der Waals surface area contributed by atoms with Gasteiger partial charge in [-0.3, -0.25) is 5.41 Å². The lowest BCUT2D eigenvalue weighted by atomic mass is 9.87. The molecule has 7 aromatic carbocycles. The van der Waals surface area contributed by atoms with Crippen LogP contribution in [-0.2, 0) is 0 Å². The molecule has 10 aromatic rings. The lowest BCUT2D eigenvalue weighted by molar-refractivity contribution is 1.17. The molecule has 3 heterocycles. The first-order valence-corrected chi connectivity index (χ1v) is 20.2. The third-order valence-corrected chi connectivity index (χ3v) is 11.5. The van der Waals surface area contributed by atoms with Crippen LogP contribution in [0.4, 0.5) is 0 Å². The lowest BCUT2D eigenvalue weighted by Crippen LogP contribution is -2.18. The van der Waals surface area contributed by atoms with E-state index < -0.39 is 0 Å². The number of allylic oxidation sites excluding steroid dienone is 1. The Hall–Kier alpha value is -7.74. The molecule has 0 fully saturated rings. The summed E-state index contributed by atoms with van der Waals surface area (Å²) in [5.74, 6) is 0.661. The fourth-order valence-electron chi connectivity index (χ4n) is 8.48. The molecule has 0 saturated carbocycles. The van der Waals surface area contributed by atoms with Gasteiger partial charge in [0, 0.05) is 55.2 Å². The van der Waals surface area contributed by atoms with Gasteiger partial charge in [0.25, 0.3) is 0 Å². The van der Waals surface area contributed by atoms with Gasteiger partial charge in [0.15, 0.2) is 5.82 Å². The number of nitrogens with one attached hydrogen (secondary N) is 1. The van der Waals surface area contributed by atoms with Gasteiger partial charge in [-0.05, 0) is 78.6 Å². The SMILES string of the molecule is N=C1C=Cc2c(-c3ccccc3)nc3cc(-c4cccc(-c5cc(-c6ccc(-n7c8ccccc8c8ccccc87)cc6)nc(-c6ccccc6)n5)c4)ccc3c2C1=NS. The second kappa shape index (κ2) is 14.6. The van der Waals surface area contributed by atoms with E-state index in [2.05, 4.69) is 167 Å². The van der Waals surface area contributed by atoms with E-state index >= 15 is 0 Å². The number of fused-ring (bicyclic) bond motifs is 6. The highest BCUT2D eigenvalue weighted by molar-refractivity contribution is 7.79. The molecule has 11 rings (SSSR count). The van der Waals surface area contributed by atoms with Gasteiger partial charge in [-0.25, -0.2) is 19.3 Å². The maximum absolute atomic E-state index is 8.64. The zero-order valence-corrected chi connectivity index (χ0v) is 33.1. The van der Waals surface area contributed by atoms with Crippen molar-refractivity contribution < 1.29 is 0 Å². The molecule has 0 bridgehead atoms. The Morgan fingerprint density at radius 3 is 1.75 bits per heavy atom. The van der Waals surface area contributed by atoms with Crippen molar-refractivity contribution in [3.63, 3.8) is 0 Å². The summed E-state index contributed by atoms with van der Waals surface area (Å²) in [5, 5.41) is 12.0. The number of rotatable bonds is 6. The lowest BCUT2D eigenvalue weighted by Gasteiger charge is -2.20. The van der Waals surface area contributed by atoms with Gasteiger partial charge in [0.05, 0.1) is 39.3 Å². The molecule has 60 heavy (non-hydrogen) atoms. The highest BCUT2D eigenvalue weighted by Gasteiger charge is 2.24. The van der Waals surface area contributed by atoms with Crippen molar-refractivity contribution in [1.29, 1.82) is 5.41 Å². The molecule has 0 spiro atoms. The number of thiol groups is 1. The molecule has 0 amide bonds. The Balaban J connectivity index is 1.01. The second-order valence-electron chi connectivity index (χ2n) is 14.9. The van der Waals surface area contributed by atoms with Crippen molar-refractivity contribution in [2.75, 3.05) is 0 Å². The summed E-state index contributed by atoms with van der Waals surface area (Å²) in [5.41, 5.74) is 15.4. The van der Waals surface area contributed by atoms with Crippen LogP contribution in [0.1, 0.15) is 11.1 Å². The van der Waals surface area contributed by atoms with Gasteiger partial charge in [-0.15, -0.1) is 0 Å². The van der Waals surface area contributed by atoms with Gasteiger partial charge in [-0.1, -0.05) is 140 Å². The molecular weight excluding hydrogens is 753 g/mol. The summed E-state index contributed by atoms with van der Waals surface area (Å²) >= 11 is 4.30. The van der Waals surface area contributed by atoms with Crippen LogP contribution in [0.2, 0.25) is 0 Å². The van der Waals surface area contributed by atoms with E-state index in [1.165, 1.54) is 21.8 Å². The Morgan fingerprint density at radius 1 is 0.467 bits per heavy atom. The second-order valence-corrected chi connectivity index (χ2v) is 15.1. The average molecular weight is 787 g/mol. The van der Waals surface area contributed by atoms with Crippen LogP contribution < -0.4 is 0 Å². The quantitative estimate of drug-likeness (QED) is 0.165. The number of pyridine rings is 1. The van der Waals surface area contributed by atoms with Crippen molar-refractivity contribution in [3.05, 3.63) is 199 Å². The zero-order valence-electron chi connectivity index (χ0n) is 32.2. The Morgan fingerprint density at radius 2 is 1.05 bits per heavy atom. The van der Waals surface area contributed by atoms with Crippen molar-refractivity contribution in [2.24, 2.45) is 4.40 Å². The molecule has 3 aromatic heterocycles. The summed E-state index contributed by atoms with van der Waals surface area (Å²) in [6.07, 6.45) is 3.73. The molecule has 0 saturated heterocycles. The Labute approximate surface area is 352 Å². The number of hydrogen-bond donors (Lipinski definition) is 2. The molecule has 0 unspecified atom stereocenters. The number of para-hydroxylation sites is 2. The smallest absolute Gasteiger partial charge is 0.160 e. The summed E-state index contributed by atoms with van der Waals surface area (Å²) in [6.45, 7) is 0. The van der Waals surface area contributed by atoms with Crippen molar-refractivity contribution >= 4 is 63.0 Å². The fourth-order valence-corrected chi connectivity index (χ4v) is 8.68. The van der Waals surface area contributed by atoms with Crippen LogP contribution in [0.15, 0.2) is 192 Å². The van der Waals surface area contributed by atoms with Crippen LogP contribution in [0.3, 0.4) is 0 Å². The first kappa shape index (κ1) is 35.4. The van der Waals surface area contributed by atoms with Crippen molar-refractivity contribution in [3.8, 4) is 62.0 Å². The highest BCUT2D eigenvalue weighted by Crippen LogP contribution is 2.38. The topological polar surface area (TPSA) is 79.8 Å². The van der Waals surface area contributed by atoms with E-state index in [0.29, 0.717) is 17.2 Å². The molecular formula is C53H34N6S. The molecule has 282 valence electrons. The van der Waals surface area contributed by atoms with Gasteiger partial charge in [0.1, 0.15) is 5.71 Å². The number of hydrogen-bond acceptors (Lipinski definition) is 6. The van der Waals surface area contributed by atoms with Crippen LogP contribution >= 0.6 is 12.8 Å². The molecule has 0 radical (unpaired) electrons. The number of benzene rings is 7. The zero-order chi connectivity index (χ0) is 40.2. The summed E-state index contributed by atoms with van der Waals surface area (Å²) in [6, 6.07) is 63.0. The van der Waals surface area contributed by atoms with Crippen LogP contribution in [0.5, 0.6) is 0 Å². The Bertz CT molecular complexity index is 3330.